The van der Waals surface area contributed by atoms with Crippen LogP contribution in [-0.4, -0.2) is 41.8 Å². The number of sulfonamides is 1. The summed E-state index contributed by atoms with van der Waals surface area (Å²) < 4.78 is 26.0. The Bertz CT molecular complexity index is 609. The number of nitrogens with zero attached hydrogens (tertiary/aromatic N) is 2. The van der Waals surface area contributed by atoms with Gasteiger partial charge < -0.3 is 10.2 Å². The molecule has 1 aromatic rings. The number of rotatable bonds is 2. The van der Waals surface area contributed by atoms with Crippen molar-refractivity contribution in [3.05, 3.63) is 29.8 Å². The minimum absolute atomic E-state index is 0.0229. The average molecular weight is 282 g/mol. The van der Waals surface area contributed by atoms with Crippen molar-refractivity contribution in [3.8, 4) is 6.07 Å². The normalized spacial score (nSPS) is 19.8. The van der Waals surface area contributed by atoms with Crippen LogP contribution in [0.1, 0.15) is 18.4 Å². The van der Waals surface area contributed by atoms with Crippen LogP contribution in [0.25, 0.3) is 0 Å². The highest BCUT2D eigenvalue weighted by molar-refractivity contribution is 7.89. The van der Waals surface area contributed by atoms with Gasteiger partial charge in [0.2, 0.25) is 10.0 Å². The van der Waals surface area contributed by atoms with Crippen LogP contribution in [0, 0.1) is 11.3 Å². The van der Waals surface area contributed by atoms with E-state index >= 15 is 0 Å². The quantitative estimate of drug-likeness (QED) is 0.745. The Hall–Kier alpha value is -1.46. The van der Waals surface area contributed by atoms with Crippen molar-refractivity contribution >= 4 is 10.0 Å². The maximum absolute atomic E-state index is 12.4. The molecule has 0 bridgehead atoms. The molecule has 0 radical (unpaired) electrons. The van der Waals surface area contributed by atoms with Gasteiger partial charge in [-0.2, -0.15) is 9.57 Å². The lowest BCUT2D eigenvalue weighted by molar-refractivity contribution is -0.182. The predicted octanol–water partition coefficient (Wildman–Crippen LogP) is 0.0237. The largest absolute Gasteiger partial charge is 0.366 e. The van der Waals surface area contributed by atoms with E-state index in [1.165, 1.54) is 16.4 Å². The van der Waals surface area contributed by atoms with Crippen molar-refractivity contribution in [2.75, 3.05) is 13.1 Å². The van der Waals surface area contributed by atoms with Crippen LogP contribution >= 0.6 is 0 Å². The van der Waals surface area contributed by atoms with E-state index in [1.54, 1.807) is 12.1 Å². The van der Waals surface area contributed by atoms with Crippen molar-refractivity contribution < 1.29 is 18.6 Å². The lowest BCUT2D eigenvalue weighted by atomic mass is 10.1. The molecule has 2 N–H and O–H groups in total. The first-order valence-corrected chi connectivity index (χ1v) is 7.25. The standard InChI is InChI=1S/C12H14N2O4S/c13-9-10-3-1-2-4-11(10)19(17,18)14-7-5-12(15,16)6-8-14/h1-4,15-16H,5-8H2. The minimum Gasteiger partial charge on any atom is -0.366 e. The highest BCUT2D eigenvalue weighted by Crippen LogP contribution is 2.26. The van der Waals surface area contributed by atoms with E-state index in [0.717, 1.165) is 0 Å². The second-order valence-electron chi connectivity index (χ2n) is 4.49. The Morgan fingerprint density at radius 3 is 2.37 bits per heavy atom. The van der Waals surface area contributed by atoms with Crippen molar-refractivity contribution in [2.45, 2.75) is 23.5 Å². The molecule has 0 aliphatic carbocycles. The van der Waals surface area contributed by atoms with E-state index in [4.69, 9.17) is 5.26 Å². The summed E-state index contributed by atoms with van der Waals surface area (Å²) >= 11 is 0. The van der Waals surface area contributed by atoms with E-state index in [-0.39, 0.29) is 36.4 Å². The van der Waals surface area contributed by atoms with Crippen LogP contribution < -0.4 is 0 Å². The third-order valence-corrected chi connectivity index (χ3v) is 5.11. The zero-order valence-corrected chi connectivity index (χ0v) is 11.0. The Morgan fingerprint density at radius 1 is 1.21 bits per heavy atom. The second kappa shape index (κ2) is 4.90. The zero-order valence-electron chi connectivity index (χ0n) is 10.2. The molecule has 102 valence electrons. The van der Waals surface area contributed by atoms with E-state index in [9.17, 15) is 18.6 Å². The van der Waals surface area contributed by atoms with E-state index in [0.29, 0.717) is 0 Å². The van der Waals surface area contributed by atoms with Gasteiger partial charge in [0.05, 0.1) is 10.5 Å². The molecule has 0 unspecified atom stereocenters. The van der Waals surface area contributed by atoms with Crippen LogP contribution in [0.3, 0.4) is 0 Å². The molecule has 1 heterocycles. The number of aliphatic hydroxyl groups is 2. The summed E-state index contributed by atoms with van der Waals surface area (Å²) in [7, 11) is -3.77. The lowest BCUT2D eigenvalue weighted by Gasteiger charge is -2.33. The van der Waals surface area contributed by atoms with Crippen molar-refractivity contribution in [1.29, 1.82) is 5.26 Å². The summed E-state index contributed by atoms with van der Waals surface area (Å²) in [6.07, 6.45) is -0.0814. The molecular weight excluding hydrogens is 268 g/mol. The van der Waals surface area contributed by atoms with Crippen molar-refractivity contribution in [3.63, 3.8) is 0 Å². The van der Waals surface area contributed by atoms with E-state index in [2.05, 4.69) is 0 Å². The molecule has 6 nitrogen and oxygen atoms in total. The van der Waals surface area contributed by atoms with Gasteiger partial charge in [0.1, 0.15) is 6.07 Å². The molecule has 2 rings (SSSR count). The van der Waals surface area contributed by atoms with Crippen LogP contribution in [0.5, 0.6) is 0 Å². The van der Waals surface area contributed by atoms with Gasteiger partial charge >= 0.3 is 0 Å². The van der Waals surface area contributed by atoms with Crippen LogP contribution in [0.2, 0.25) is 0 Å². The van der Waals surface area contributed by atoms with E-state index in [1.807, 2.05) is 6.07 Å². The molecule has 1 aliphatic heterocycles. The molecule has 1 saturated heterocycles. The number of piperidine rings is 1. The van der Waals surface area contributed by atoms with Gasteiger partial charge in [-0.1, -0.05) is 12.1 Å². The lowest BCUT2D eigenvalue weighted by Crippen LogP contribution is -2.46. The Kier molecular flexibility index (Phi) is 3.60. The second-order valence-corrected chi connectivity index (χ2v) is 6.40. The van der Waals surface area contributed by atoms with Crippen LogP contribution in [0.15, 0.2) is 29.2 Å². The number of hydrogen-bond donors (Lipinski definition) is 2. The smallest absolute Gasteiger partial charge is 0.244 e. The fraction of sp³-hybridized carbons (Fsp3) is 0.417. The van der Waals surface area contributed by atoms with Gasteiger partial charge in [0, 0.05) is 25.9 Å². The first-order valence-electron chi connectivity index (χ1n) is 5.81. The molecular formula is C12H14N2O4S. The molecule has 7 heteroatoms. The molecule has 19 heavy (non-hydrogen) atoms. The SMILES string of the molecule is N#Cc1ccccc1S(=O)(=O)N1CCC(O)(O)CC1. The fourth-order valence-electron chi connectivity index (χ4n) is 2.01. The van der Waals surface area contributed by atoms with Gasteiger partial charge in [-0.15, -0.1) is 0 Å². The zero-order chi connectivity index (χ0) is 14.1. The maximum Gasteiger partial charge on any atom is 0.244 e. The molecule has 0 atom stereocenters. The third kappa shape index (κ3) is 2.77. The Labute approximate surface area is 111 Å². The third-order valence-electron chi connectivity index (χ3n) is 3.15. The monoisotopic (exact) mass is 282 g/mol. The summed E-state index contributed by atoms with van der Waals surface area (Å²) in [5, 5.41) is 27.8. The first-order chi connectivity index (χ1) is 8.87. The van der Waals surface area contributed by atoms with Crippen molar-refractivity contribution in [1.82, 2.24) is 4.31 Å². The molecule has 1 aliphatic rings. The minimum atomic E-state index is -3.77. The summed E-state index contributed by atoms with van der Waals surface area (Å²) in [5.41, 5.74) is 0.0901. The highest BCUT2D eigenvalue weighted by atomic mass is 32.2. The summed E-state index contributed by atoms with van der Waals surface area (Å²) in [6.45, 7) is 0.0458. The topological polar surface area (TPSA) is 102 Å². The van der Waals surface area contributed by atoms with E-state index < -0.39 is 15.8 Å². The molecule has 0 spiro atoms. The maximum atomic E-state index is 12.4. The van der Waals surface area contributed by atoms with Gasteiger partial charge in [0.25, 0.3) is 0 Å². The predicted molar refractivity (Wildman–Crippen MR) is 66.3 cm³/mol. The van der Waals surface area contributed by atoms with Gasteiger partial charge in [-0.25, -0.2) is 8.42 Å². The Balaban J connectivity index is 2.32. The van der Waals surface area contributed by atoms with Gasteiger partial charge in [-0.05, 0) is 12.1 Å². The highest BCUT2D eigenvalue weighted by Gasteiger charge is 2.36. The molecule has 1 aromatic carbocycles. The fourth-order valence-corrected chi connectivity index (χ4v) is 3.59. The first kappa shape index (κ1) is 14.0. The molecule has 1 fully saturated rings. The summed E-state index contributed by atoms with van der Waals surface area (Å²) in [4.78, 5) is -0.0409. The number of nitriles is 1. The van der Waals surface area contributed by atoms with Gasteiger partial charge in [-0.3, -0.25) is 0 Å². The van der Waals surface area contributed by atoms with Gasteiger partial charge in [0.15, 0.2) is 5.79 Å². The average Bonchev–Trinajstić information content (AvgIpc) is 2.38. The molecule has 0 aromatic heterocycles. The van der Waals surface area contributed by atoms with Crippen LogP contribution in [0.4, 0.5) is 0 Å². The summed E-state index contributed by atoms with van der Waals surface area (Å²) in [6, 6.07) is 7.83. The molecule has 0 amide bonds. The number of hydrogen-bond acceptors (Lipinski definition) is 5. The van der Waals surface area contributed by atoms with Crippen LogP contribution in [-0.2, 0) is 10.0 Å². The summed E-state index contributed by atoms with van der Waals surface area (Å²) in [5.74, 6) is -1.80. The molecule has 0 saturated carbocycles. The van der Waals surface area contributed by atoms with Crippen molar-refractivity contribution in [2.24, 2.45) is 0 Å². The number of benzene rings is 1. The Morgan fingerprint density at radius 2 is 1.79 bits per heavy atom.